The van der Waals surface area contributed by atoms with Crippen molar-refractivity contribution in [2.75, 3.05) is 27.2 Å². The minimum absolute atomic E-state index is 0.0202. The SMILES string of the molecule is CN=C(NCCCn1nc(C)cc1C)NCC(C)(C)c1ccc(OC)cc1. The van der Waals surface area contributed by atoms with Crippen molar-refractivity contribution in [2.24, 2.45) is 4.99 Å². The summed E-state index contributed by atoms with van der Waals surface area (Å²) in [6.45, 7) is 11.1. The summed E-state index contributed by atoms with van der Waals surface area (Å²) in [5, 5.41) is 11.3. The second-order valence-corrected chi connectivity index (χ2v) is 7.47. The average molecular weight is 372 g/mol. The summed E-state index contributed by atoms with van der Waals surface area (Å²) >= 11 is 0. The number of aliphatic imine (C=N–C) groups is 1. The van der Waals surface area contributed by atoms with Gasteiger partial charge in [-0.15, -0.1) is 0 Å². The van der Waals surface area contributed by atoms with Gasteiger partial charge in [-0.05, 0) is 44.0 Å². The maximum atomic E-state index is 5.24. The monoisotopic (exact) mass is 371 g/mol. The maximum Gasteiger partial charge on any atom is 0.191 e. The number of aryl methyl sites for hydroxylation is 3. The van der Waals surface area contributed by atoms with Gasteiger partial charge in [-0.1, -0.05) is 26.0 Å². The maximum absolute atomic E-state index is 5.24. The molecule has 6 nitrogen and oxygen atoms in total. The first-order valence-corrected chi connectivity index (χ1v) is 9.46. The van der Waals surface area contributed by atoms with Crippen LogP contribution in [0.5, 0.6) is 5.75 Å². The highest BCUT2D eigenvalue weighted by Crippen LogP contribution is 2.24. The molecule has 0 aliphatic rings. The van der Waals surface area contributed by atoms with E-state index in [9.17, 15) is 0 Å². The summed E-state index contributed by atoms with van der Waals surface area (Å²) in [6, 6.07) is 10.3. The van der Waals surface area contributed by atoms with Gasteiger partial charge in [0, 0.05) is 37.8 Å². The third-order valence-electron chi connectivity index (χ3n) is 4.74. The zero-order valence-corrected chi connectivity index (χ0v) is 17.5. The largest absolute Gasteiger partial charge is 0.497 e. The molecule has 1 heterocycles. The first kappa shape index (κ1) is 20.8. The van der Waals surface area contributed by atoms with Crippen LogP contribution in [0, 0.1) is 13.8 Å². The van der Waals surface area contributed by atoms with E-state index in [1.54, 1.807) is 14.2 Å². The summed E-state index contributed by atoms with van der Waals surface area (Å²) in [7, 11) is 3.49. The molecule has 0 saturated heterocycles. The Morgan fingerprint density at radius 2 is 1.89 bits per heavy atom. The quantitative estimate of drug-likeness (QED) is 0.425. The molecule has 0 aliphatic carbocycles. The van der Waals surface area contributed by atoms with Crippen molar-refractivity contribution in [1.29, 1.82) is 0 Å². The van der Waals surface area contributed by atoms with Gasteiger partial charge in [-0.25, -0.2) is 0 Å². The van der Waals surface area contributed by atoms with E-state index in [1.165, 1.54) is 11.3 Å². The standard InChI is InChI=1S/C21H33N5O/c1-16-14-17(2)26(25-16)13-7-12-23-20(22-5)24-15-21(3,4)18-8-10-19(27-6)11-9-18/h8-11,14H,7,12-13,15H2,1-6H3,(H2,22,23,24). The van der Waals surface area contributed by atoms with Crippen LogP contribution in [0.15, 0.2) is 35.3 Å². The Balaban J connectivity index is 1.79. The van der Waals surface area contributed by atoms with Crippen LogP contribution in [0.4, 0.5) is 0 Å². The number of benzene rings is 1. The lowest BCUT2D eigenvalue weighted by Crippen LogP contribution is -2.43. The third-order valence-corrected chi connectivity index (χ3v) is 4.74. The molecule has 0 atom stereocenters. The van der Waals surface area contributed by atoms with Crippen LogP contribution in [0.3, 0.4) is 0 Å². The van der Waals surface area contributed by atoms with Crippen LogP contribution < -0.4 is 15.4 Å². The lowest BCUT2D eigenvalue weighted by Gasteiger charge is -2.27. The molecule has 0 fully saturated rings. The molecule has 2 aromatic rings. The van der Waals surface area contributed by atoms with Crippen molar-refractivity contribution in [3.8, 4) is 5.75 Å². The number of rotatable bonds is 8. The number of hydrogen-bond acceptors (Lipinski definition) is 3. The van der Waals surface area contributed by atoms with Crippen molar-refractivity contribution < 1.29 is 4.74 Å². The van der Waals surface area contributed by atoms with Crippen LogP contribution in [-0.4, -0.2) is 43.0 Å². The van der Waals surface area contributed by atoms with Gasteiger partial charge in [0.15, 0.2) is 5.96 Å². The number of hydrogen-bond donors (Lipinski definition) is 2. The van der Waals surface area contributed by atoms with E-state index in [-0.39, 0.29) is 5.41 Å². The summed E-state index contributed by atoms with van der Waals surface area (Å²) in [6.07, 6.45) is 0.991. The minimum Gasteiger partial charge on any atom is -0.497 e. The van der Waals surface area contributed by atoms with Gasteiger partial charge in [0.05, 0.1) is 12.8 Å². The van der Waals surface area contributed by atoms with E-state index in [0.29, 0.717) is 0 Å². The zero-order chi connectivity index (χ0) is 19.9. The summed E-state index contributed by atoms with van der Waals surface area (Å²) in [5.74, 6) is 1.70. The van der Waals surface area contributed by atoms with Crippen molar-refractivity contribution >= 4 is 5.96 Å². The second-order valence-electron chi connectivity index (χ2n) is 7.47. The number of guanidine groups is 1. The van der Waals surface area contributed by atoms with E-state index in [2.05, 4.69) is 64.4 Å². The first-order chi connectivity index (χ1) is 12.9. The molecular weight excluding hydrogens is 338 g/mol. The molecule has 6 heteroatoms. The first-order valence-electron chi connectivity index (χ1n) is 9.46. The predicted octanol–water partition coefficient (Wildman–Crippen LogP) is 3.04. The van der Waals surface area contributed by atoms with E-state index in [4.69, 9.17) is 4.74 Å². The Bertz CT molecular complexity index is 746. The fourth-order valence-electron chi connectivity index (χ4n) is 3.01. The molecule has 27 heavy (non-hydrogen) atoms. The number of ether oxygens (including phenoxy) is 1. The van der Waals surface area contributed by atoms with E-state index in [1.807, 2.05) is 19.1 Å². The molecule has 0 radical (unpaired) electrons. The lowest BCUT2D eigenvalue weighted by atomic mass is 9.84. The number of nitrogens with one attached hydrogen (secondary N) is 2. The van der Waals surface area contributed by atoms with Crippen molar-refractivity contribution in [3.05, 3.63) is 47.3 Å². The Labute approximate surface area is 163 Å². The van der Waals surface area contributed by atoms with Gasteiger partial charge in [0.2, 0.25) is 0 Å². The Morgan fingerprint density at radius 3 is 2.44 bits per heavy atom. The van der Waals surface area contributed by atoms with Gasteiger partial charge < -0.3 is 15.4 Å². The summed E-state index contributed by atoms with van der Waals surface area (Å²) < 4.78 is 7.30. The van der Waals surface area contributed by atoms with E-state index in [0.717, 1.165) is 43.5 Å². The van der Waals surface area contributed by atoms with E-state index < -0.39 is 0 Å². The molecule has 0 aliphatic heterocycles. The highest BCUT2D eigenvalue weighted by molar-refractivity contribution is 5.79. The van der Waals surface area contributed by atoms with Crippen LogP contribution in [-0.2, 0) is 12.0 Å². The van der Waals surface area contributed by atoms with Crippen LogP contribution in [0.2, 0.25) is 0 Å². The summed E-state index contributed by atoms with van der Waals surface area (Å²) in [4.78, 5) is 4.33. The summed E-state index contributed by atoms with van der Waals surface area (Å²) in [5.41, 5.74) is 3.51. The normalized spacial score (nSPS) is 12.1. The molecule has 0 saturated carbocycles. The third kappa shape index (κ3) is 6.01. The van der Waals surface area contributed by atoms with Gasteiger partial charge in [-0.3, -0.25) is 9.67 Å². The number of aromatic nitrogens is 2. The van der Waals surface area contributed by atoms with Crippen LogP contribution in [0.25, 0.3) is 0 Å². The Morgan fingerprint density at radius 1 is 1.19 bits per heavy atom. The predicted molar refractivity (Wildman–Crippen MR) is 112 cm³/mol. The fraction of sp³-hybridized carbons (Fsp3) is 0.524. The number of methoxy groups -OCH3 is 1. The Hall–Kier alpha value is -2.50. The molecule has 2 rings (SSSR count). The smallest absolute Gasteiger partial charge is 0.191 e. The molecular formula is C21H33N5O. The molecule has 1 aromatic carbocycles. The Kier molecular flexibility index (Phi) is 7.28. The van der Waals surface area contributed by atoms with Crippen molar-refractivity contribution in [2.45, 2.75) is 46.1 Å². The molecule has 0 unspecified atom stereocenters. The lowest BCUT2D eigenvalue weighted by molar-refractivity contribution is 0.414. The van der Waals surface area contributed by atoms with Crippen LogP contribution >= 0.6 is 0 Å². The molecule has 0 amide bonds. The highest BCUT2D eigenvalue weighted by atomic mass is 16.5. The average Bonchev–Trinajstić information content (AvgIpc) is 2.98. The van der Waals surface area contributed by atoms with Gasteiger partial charge in [0.1, 0.15) is 5.75 Å². The number of nitrogens with zero attached hydrogens (tertiary/aromatic N) is 3. The molecule has 0 spiro atoms. The molecule has 148 valence electrons. The molecule has 2 N–H and O–H groups in total. The van der Waals surface area contributed by atoms with Crippen molar-refractivity contribution in [1.82, 2.24) is 20.4 Å². The van der Waals surface area contributed by atoms with E-state index >= 15 is 0 Å². The van der Waals surface area contributed by atoms with Gasteiger partial charge in [-0.2, -0.15) is 5.10 Å². The van der Waals surface area contributed by atoms with Gasteiger partial charge in [0.25, 0.3) is 0 Å². The fourth-order valence-corrected chi connectivity index (χ4v) is 3.01. The topological polar surface area (TPSA) is 63.5 Å². The molecule has 1 aromatic heterocycles. The minimum atomic E-state index is -0.0202. The molecule has 0 bridgehead atoms. The van der Waals surface area contributed by atoms with Crippen molar-refractivity contribution in [3.63, 3.8) is 0 Å². The highest BCUT2D eigenvalue weighted by Gasteiger charge is 2.21. The zero-order valence-electron chi connectivity index (χ0n) is 17.5. The van der Waals surface area contributed by atoms with Gasteiger partial charge >= 0.3 is 0 Å². The second kappa shape index (κ2) is 9.44. The van der Waals surface area contributed by atoms with Crippen LogP contribution in [0.1, 0.15) is 37.2 Å².